The Balaban J connectivity index is 1.92. The van der Waals surface area contributed by atoms with Crippen molar-refractivity contribution in [3.05, 3.63) is 35.6 Å². The molecule has 0 amide bonds. The van der Waals surface area contributed by atoms with E-state index >= 15 is 0 Å². The Morgan fingerprint density at radius 1 is 1.44 bits per heavy atom. The van der Waals surface area contributed by atoms with Gasteiger partial charge >= 0.3 is 0 Å². The predicted octanol–water partition coefficient (Wildman–Crippen LogP) is 3.15. The topological polar surface area (TPSA) is 12.0 Å². The van der Waals surface area contributed by atoms with Crippen molar-refractivity contribution in [3.63, 3.8) is 0 Å². The highest BCUT2D eigenvalue weighted by Gasteiger charge is 2.25. The minimum absolute atomic E-state index is 0.126. The van der Waals surface area contributed by atoms with Crippen molar-refractivity contribution < 1.29 is 4.39 Å². The van der Waals surface area contributed by atoms with E-state index in [9.17, 15) is 4.39 Å². The average molecular weight is 221 g/mol. The summed E-state index contributed by atoms with van der Waals surface area (Å²) in [6, 6.07) is 7.48. The predicted molar refractivity (Wildman–Crippen MR) is 64.9 cm³/mol. The zero-order chi connectivity index (χ0) is 11.4. The van der Waals surface area contributed by atoms with Gasteiger partial charge in [-0.2, -0.15) is 0 Å². The van der Waals surface area contributed by atoms with Gasteiger partial charge in [0, 0.05) is 6.04 Å². The van der Waals surface area contributed by atoms with Crippen LogP contribution in [0, 0.1) is 11.7 Å². The van der Waals surface area contributed by atoms with Gasteiger partial charge in [-0.15, -0.1) is 0 Å². The molecule has 0 radical (unpaired) electrons. The van der Waals surface area contributed by atoms with E-state index in [1.165, 1.54) is 25.3 Å². The fourth-order valence-corrected chi connectivity index (χ4v) is 2.23. The summed E-state index contributed by atoms with van der Waals surface area (Å²) in [5.41, 5.74) is 1.10. The van der Waals surface area contributed by atoms with Crippen LogP contribution in [0.25, 0.3) is 0 Å². The molecule has 0 bridgehead atoms. The molecule has 1 aromatic carbocycles. The molecular formula is C14H20FN. The molecule has 16 heavy (non-hydrogen) atoms. The van der Waals surface area contributed by atoms with E-state index in [4.69, 9.17) is 0 Å². The lowest BCUT2D eigenvalue weighted by Crippen LogP contribution is -2.31. The van der Waals surface area contributed by atoms with Crippen molar-refractivity contribution in [2.75, 3.05) is 6.54 Å². The molecule has 0 heterocycles. The molecule has 1 atom stereocenters. The van der Waals surface area contributed by atoms with E-state index in [0.717, 1.165) is 24.4 Å². The monoisotopic (exact) mass is 221 g/mol. The summed E-state index contributed by atoms with van der Waals surface area (Å²) in [6.07, 6.45) is 4.95. The van der Waals surface area contributed by atoms with E-state index < -0.39 is 0 Å². The smallest absolute Gasteiger partial charge is 0.123 e. The molecule has 0 spiro atoms. The van der Waals surface area contributed by atoms with Crippen LogP contribution in [0.15, 0.2) is 24.3 Å². The van der Waals surface area contributed by atoms with Gasteiger partial charge in [-0.1, -0.05) is 31.9 Å². The maximum Gasteiger partial charge on any atom is 0.123 e. The zero-order valence-electron chi connectivity index (χ0n) is 9.88. The molecule has 0 aliphatic heterocycles. The lowest BCUT2D eigenvalue weighted by atomic mass is 10.0. The molecule has 1 aromatic rings. The van der Waals surface area contributed by atoms with Crippen LogP contribution in [0.1, 0.15) is 31.7 Å². The van der Waals surface area contributed by atoms with Crippen molar-refractivity contribution in [1.29, 1.82) is 0 Å². The van der Waals surface area contributed by atoms with Crippen LogP contribution in [0.2, 0.25) is 0 Å². The maximum atomic E-state index is 13.1. The van der Waals surface area contributed by atoms with Crippen LogP contribution in [0.4, 0.5) is 4.39 Å². The summed E-state index contributed by atoms with van der Waals surface area (Å²) in [7, 11) is 0. The van der Waals surface area contributed by atoms with Gasteiger partial charge in [-0.05, 0) is 43.0 Å². The van der Waals surface area contributed by atoms with Crippen molar-refractivity contribution in [2.45, 2.75) is 38.6 Å². The van der Waals surface area contributed by atoms with Crippen molar-refractivity contribution in [2.24, 2.45) is 5.92 Å². The second kappa shape index (κ2) is 5.44. The van der Waals surface area contributed by atoms with Crippen molar-refractivity contribution in [3.8, 4) is 0 Å². The quantitative estimate of drug-likeness (QED) is 0.778. The first-order chi connectivity index (χ1) is 7.78. The van der Waals surface area contributed by atoms with E-state index in [0.29, 0.717) is 6.04 Å². The second-order valence-corrected chi connectivity index (χ2v) is 4.77. The number of rotatable bonds is 6. The first kappa shape index (κ1) is 11.6. The summed E-state index contributed by atoms with van der Waals surface area (Å²) in [5.74, 6) is 0.789. The molecule has 88 valence electrons. The Morgan fingerprint density at radius 2 is 2.25 bits per heavy atom. The number of hydrogen-bond donors (Lipinski definition) is 1. The summed E-state index contributed by atoms with van der Waals surface area (Å²) in [5, 5.41) is 3.50. The van der Waals surface area contributed by atoms with Gasteiger partial charge in [0.05, 0.1) is 0 Å². The van der Waals surface area contributed by atoms with Gasteiger partial charge in [0.1, 0.15) is 5.82 Å². The Labute approximate surface area is 97.1 Å². The van der Waals surface area contributed by atoms with Gasteiger partial charge in [0.15, 0.2) is 0 Å². The number of hydrogen-bond acceptors (Lipinski definition) is 1. The summed E-state index contributed by atoms with van der Waals surface area (Å²) < 4.78 is 13.1. The third kappa shape index (κ3) is 3.60. The number of nitrogens with one attached hydrogen (secondary N) is 1. The van der Waals surface area contributed by atoms with Crippen molar-refractivity contribution in [1.82, 2.24) is 5.32 Å². The Hall–Kier alpha value is -0.890. The highest BCUT2D eigenvalue weighted by Crippen LogP contribution is 2.34. The number of benzene rings is 1. The highest BCUT2D eigenvalue weighted by molar-refractivity contribution is 5.17. The molecule has 1 saturated carbocycles. The Kier molecular flexibility index (Phi) is 3.94. The fourth-order valence-electron chi connectivity index (χ4n) is 2.23. The van der Waals surface area contributed by atoms with Gasteiger partial charge in [-0.25, -0.2) is 4.39 Å². The summed E-state index contributed by atoms with van der Waals surface area (Å²) in [4.78, 5) is 0. The maximum absolute atomic E-state index is 13.1. The molecule has 2 rings (SSSR count). The first-order valence-electron chi connectivity index (χ1n) is 6.25. The van der Waals surface area contributed by atoms with E-state index in [2.05, 4.69) is 12.2 Å². The molecule has 1 aliphatic rings. The van der Waals surface area contributed by atoms with Gasteiger partial charge in [0.2, 0.25) is 0 Å². The largest absolute Gasteiger partial charge is 0.314 e. The standard InChI is InChI=1S/C14H20FN/c1-2-16-14(9-11-6-7-11)10-12-4-3-5-13(15)8-12/h3-5,8,11,14,16H,2,6-7,9-10H2,1H3. The zero-order valence-corrected chi connectivity index (χ0v) is 9.88. The molecular weight excluding hydrogens is 201 g/mol. The van der Waals surface area contributed by atoms with Crippen LogP contribution in [-0.2, 0) is 6.42 Å². The Bertz CT molecular complexity index is 333. The summed E-state index contributed by atoms with van der Waals surface area (Å²) >= 11 is 0. The highest BCUT2D eigenvalue weighted by atomic mass is 19.1. The molecule has 1 fully saturated rings. The molecule has 1 nitrogen and oxygen atoms in total. The van der Waals surface area contributed by atoms with Crippen LogP contribution in [0.5, 0.6) is 0 Å². The number of halogens is 1. The third-order valence-corrected chi connectivity index (χ3v) is 3.18. The Morgan fingerprint density at radius 3 is 2.88 bits per heavy atom. The van der Waals surface area contributed by atoms with E-state index in [1.807, 2.05) is 6.07 Å². The normalized spacial score (nSPS) is 17.4. The van der Waals surface area contributed by atoms with E-state index in [-0.39, 0.29) is 5.82 Å². The summed E-state index contributed by atoms with van der Waals surface area (Å²) in [6.45, 7) is 3.12. The van der Waals surface area contributed by atoms with Crippen LogP contribution < -0.4 is 5.32 Å². The number of likely N-dealkylation sites (N-methyl/N-ethyl adjacent to an activating group) is 1. The molecule has 0 saturated heterocycles. The molecule has 1 N–H and O–H groups in total. The lowest BCUT2D eigenvalue weighted by Gasteiger charge is -2.17. The average Bonchev–Trinajstić information content (AvgIpc) is 3.02. The van der Waals surface area contributed by atoms with Gasteiger partial charge in [0.25, 0.3) is 0 Å². The minimum atomic E-state index is -0.126. The third-order valence-electron chi connectivity index (χ3n) is 3.18. The molecule has 1 aliphatic carbocycles. The van der Waals surface area contributed by atoms with Crippen LogP contribution in [0.3, 0.4) is 0 Å². The second-order valence-electron chi connectivity index (χ2n) is 4.77. The fraction of sp³-hybridized carbons (Fsp3) is 0.571. The minimum Gasteiger partial charge on any atom is -0.314 e. The van der Waals surface area contributed by atoms with Gasteiger partial charge < -0.3 is 5.32 Å². The van der Waals surface area contributed by atoms with Crippen LogP contribution in [-0.4, -0.2) is 12.6 Å². The first-order valence-corrected chi connectivity index (χ1v) is 6.25. The molecule has 1 unspecified atom stereocenters. The molecule has 0 aromatic heterocycles. The van der Waals surface area contributed by atoms with E-state index in [1.54, 1.807) is 12.1 Å². The SMILES string of the molecule is CCNC(Cc1cccc(F)c1)CC1CC1. The van der Waals surface area contributed by atoms with Crippen molar-refractivity contribution >= 4 is 0 Å². The lowest BCUT2D eigenvalue weighted by molar-refractivity contribution is 0.465. The van der Waals surface area contributed by atoms with Crippen LogP contribution >= 0.6 is 0 Å². The van der Waals surface area contributed by atoms with Gasteiger partial charge in [-0.3, -0.25) is 0 Å². The molecule has 2 heteroatoms.